The number of hydrogen-bond donors (Lipinski definition) is 1. The Morgan fingerprint density at radius 1 is 1.44 bits per heavy atom. The summed E-state index contributed by atoms with van der Waals surface area (Å²) in [6, 6.07) is 2.06. The summed E-state index contributed by atoms with van der Waals surface area (Å²) in [6.45, 7) is 2.07. The number of aliphatic carboxylic acids is 1. The molecule has 0 aliphatic heterocycles. The first-order chi connectivity index (χ1) is 8.47. The first kappa shape index (κ1) is 14.2. The number of carbonyl (C=O) groups is 2. The SMILES string of the molecule is CC(C#N)CN(C)C(=O)[C@@H]1CC=CC[C@@H]1C(=O)O. The smallest absolute Gasteiger partial charge is 0.307 e. The Morgan fingerprint density at radius 3 is 2.50 bits per heavy atom. The topological polar surface area (TPSA) is 81.4 Å². The molecule has 1 rings (SSSR count). The van der Waals surface area contributed by atoms with Gasteiger partial charge >= 0.3 is 5.97 Å². The molecule has 0 spiro atoms. The summed E-state index contributed by atoms with van der Waals surface area (Å²) in [5.41, 5.74) is 0. The number of hydrogen-bond acceptors (Lipinski definition) is 3. The minimum absolute atomic E-state index is 0.186. The van der Waals surface area contributed by atoms with Crippen molar-refractivity contribution in [1.82, 2.24) is 4.90 Å². The third kappa shape index (κ3) is 3.33. The summed E-state index contributed by atoms with van der Waals surface area (Å²) in [7, 11) is 1.62. The van der Waals surface area contributed by atoms with Crippen LogP contribution in [0.15, 0.2) is 12.2 Å². The second kappa shape index (κ2) is 6.20. The van der Waals surface area contributed by atoms with Crippen LogP contribution in [-0.2, 0) is 9.59 Å². The highest BCUT2D eigenvalue weighted by molar-refractivity contribution is 5.85. The van der Waals surface area contributed by atoms with Crippen molar-refractivity contribution in [1.29, 1.82) is 5.26 Å². The zero-order valence-electron chi connectivity index (χ0n) is 10.7. The molecule has 0 saturated heterocycles. The number of carbonyl (C=O) groups excluding carboxylic acids is 1. The van der Waals surface area contributed by atoms with Gasteiger partial charge in [0.05, 0.1) is 23.8 Å². The summed E-state index contributed by atoms with van der Waals surface area (Å²) in [6.07, 6.45) is 4.51. The number of nitrogens with zero attached hydrogens (tertiary/aromatic N) is 2. The molecule has 0 aromatic rings. The molecule has 5 heteroatoms. The van der Waals surface area contributed by atoms with Crippen LogP contribution >= 0.6 is 0 Å². The zero-order valence-corrected chi connectivity index (χ0v) is 10.7. The summed E-state index contributed by atoms with van der Waals surface area (Å²) in [5.74, 6) is -2.53. The third-order valence-electron chi connectivity index (χ3n) is 3.21. The van der Waals surface area contributed by atoms with Gasteiger partial charge in [-0.05, 0) is 19.8 Å². The van der Waals surface area contributed by atoms with Gasteiger partial charge in [-0.15, -0.1) is 0 Å². The van der Waals surface area contributed by atoms with Crippen molar-refractivity contribution in [3.8, 4) is 6.07 Å². The minimum Gasteiger partial charge on any atom is -0.481 e. The quantitative estimate of drug-likeness (QED) is 0.762. The van der Waals surface area contributed by atoms with Crippen molar-refractivity contribution < 1.29 is 14.7 Å². The lowest BCUT2D eigenvalue weighted by molar-refractivity contribution is -0.150. The molecule has 98 valence electrons. The highest BCUT2D eigenvalue weighted by Crippen LogP contribution is 2.27. The monoisotopic (exact) mass is 250 g/mol. The molecule has 0 saturated carbocycles. The van der Waals surface area contributed by atoms with Gasteiger partial charge in [0.2, 0.25) is 5.91 Å². The lowest BCUT2D eigenvalue weighted by Crippen LogP contribution is -2.41. The van der Waals surface area contributed by atoms with Crippen LogP contribution in [0.2, 0.25) is 0 Å². The van der Waals surface area contributed by atoms with E-state index in [4.69, 9.17) is 10.4 Å². The fraction of sp³-hybridized carbons (Fsp3) is 0.615. The van der Waals surface area contributed by atoms with E-state index in [-0.39, 0.29) is 11.8 Å². The fourth-order valence-electron chi connectivity index (χ4n) is 2.18. The van der Waals surface area contributed by atoms with Gasteiger partial charge in [-0.25, -0.2) is 0 Å². The van der Waals surface area contributed by atoms with Gasteiger partial charge in [0.25, 0.3) is 0 Å². The summed E-state index contributed by atoms with van der Waals surface area (Å²) < 4.78 is 0. The van der Waals surface area contributed by atoms with Crippen LogP contribution in [0.3, 0.4) is 0 Å². The lowest BCUT2D eigenvalue weighted by Gasteiger charge is -2.29. The molecule has 1 amide bonds. The van der Waals surface area contributed by atoms with E-state index in [0.717, 1.165) is 0 Å². The molecule has 0 aromatic carbocycles. The Balaban J connectivity index is 2.72. The standard InChI is InChI=1S/C13H18N2O3/c1-9(7-14)8-15(2)12(16)10-5-3-4-6-11(10)13(17)18/h3-4,9-11H,5-6,8H2,1-2H3,(H,17,18)/t9?,10-,11+/m1/s1. The first-order valence-electron chi connectivity index (χ1n) is 5.99. The molecule has 1 aliphatic carbocycles. The Bertz CT molecular complexity index is 398. The van der Waals surface area contributed by atoms with Crippen LogP contribution in [0.1, 0.15) is 19.8 Å². The van der Waals surface area contributed by atoms with Crippen LogP contribution in [0.25, 0.3) is 0 Å². The van der Waals surface area contributed by atoms with Gasteiger partial charge in [-0.3, -0.25) is 9.59 Å². The Labute approximate surface area is 107 Å². The van der Waals surface area contributed by atoms with E-state index in [2.05, 4.69) is 6.07 Å². The van der Waals surface area contributed by atoms with Crippen molar-refractivity contribution in [2.75, 3.05) is 13.6 Å². The molecule has 3 atom stereocenters. The van der Waals surface area contributed by atoms with E-state index < -0.39 is 17.8 Å². The molecule has 1 aliphatic rings. The van der Waals surface area contributed by atoms with Crippen molar-refractivity contribution >= 4 is 11.9 Å². The highest BCUT2D eigenvalue weighted by atomic mass is 16.4. The van der Waals surface area contributed by atoms with Crippen LogP contribution in [0.5, 0.6) is 0 Å². The molecule has 18 heavy (non-hydrogen) atoms. The Hall–Kier alpha value is -1.83. The third-order valence-corrected chi connectivity index (χ3v) is 3.21. The number of amides is 1. The molecule has 1 unspecified atom stereocenters. The van der Waals surface area contributed by atoms with Crippen LogP contribution in [0.4, 0.5) is 0 Å². The maximum Gasteiger partial charge on any atom is 0.307 e. The van der Waals surface area contributed by atoms with Crippen LogP contribution in [-0.4, -0.2) is 35.5 Å². The van der Waals surface area contributed by atoms with E-state index in [0.29, 0.717) is 19.4 Å². The van der Waals surface area contributed by atoms with Crippen LogP contribution in [0, 0.1) is 29.1 Å². The van der Waals surface area contributed by atoms with Crippen molar-refractivity contribution in [3.63, 3.8) is 0 Å². The molecule has 0 fully saturated rings. The Morgan fingerprint density at radius 2 is 2.00 bits per heavy atom. The van der Waals surface area contributed by atoms with Crippen molar-refractivity contribution in [3.05, 3.63) is 12.2 Å². The average molecular weight is 250 g/mol. The van der Waals surface area contributed by atoms with E-state index in [9.17, 15) is 9.59 Å². The zero-order chi connectivity index (χ0) is 13.7. The van der Waals surface area contributed by atoms with Gasteiger partial charge in [0, 0.05) is 13.6 Å². The van der Waals surface area contributed by atoms with E-state index >= 15 is 0 Å². The maximum atomic E-state index is 12.2. The molecule has 5 nitrogen and oxygen atoms in total. The number of rotatable bonds is 4. The average Bonchev–Trinajstić information content (AvgIpc) is 2.37. The molecule has 1 N–H and O–H groups in total. The summed E-state index contributed by atoms with van der Waals surface area (Å²) in [4.78, 5) is 24.8. The van der Waals surface area contributed by atoms with E-state index in [1.807, 2.05) is 6.08 Å². The predicted octanol–water partition coefficient (Wildman–Crippen LogP) is 1.27. The summed E-state index contributed by atoms with van der Waals surface area (Å²) >= 11 is 0. The second-order valence-electron chi connectivity index (χ2n) is 4.74. The Kier molecular flexibility index (Phi) is 4.90. The first-order valence-corrected chi connectivity index (χ1v) is 5.99. The van der Waals surface area contributed by atoms with Gasteiger partial charge < -0.3 is 10.0 Å². The molecular formula is C13H18N2O3. The fourth-order valence-corrected chi connectivity index (χ4v) is 2.18. The lowest BCUT2D eigenvalue weighted by atomic mass is 9.82. The number of allylic oxidation sites excluding steroid dienone is 2. The van der Waals surface area contributed by atoms with Gasteiger partial charge in [0.15, 0.2) is 0 Å². The second-order valence-corrected chi connectivity index (χ2v) is 4.74. The molecule has 0 radical (unpaired) electrons. The largest absolute Gasteiger partial charge is 0.481 e. The number of carboxylic acid groups (broad SMARTS) is 1. The van der Waals surface area contributed by atoms with E-state index in [1.165, 1.54) is 4.90 Å². The van der Waals surface area contributed by atoms with Gasteiger partial charge in [0.1, 0.15) is 0 Å². The highest BCUT2D eigenvalue weighted by Gasteiger charge is 2.35. The van der Waals surface area contributed by atoms with Crippen LogP contribution < -0.4 is 0 Å². The maximum absolute atomic E-state index is 12.2. The van der Waals surface area contributed by atoms with E-state index in [1.54, 1.807) is 20.0 Å². The minimum atomic E-state index is -0.931. The summed E-state index contributed by atoms with van der Waals surface area (Å²) in [5, 5.41) is 17.8. The molecule has 0 bridgehead atoms. The normalized spacial score (nSPS) is 24.1. The predicted molar refractivity (Wildman–Crippen MR) is 65.4 cm³/mol. The number of carboxylic acids is 1. The molecule has 0 aromatic heterocycles. The number of nitriles is 1. The van der Waals surface area contributed by atoms with Gasteiger partial charge in [-0.2, -0.15) is 5.26 Å². The van der Waals surface area contributed by atoms with Gasteiger partial charge in [-0.1, -0.05) is 12.2 Å². The molecular weight excluding hydrogens is 232 g/mol. The molecule has 0 heterocycles. The van der Waals surface area contributed by atoms with Crippen molar-refractivity contribution in [2.45, 2.75) is 19.8 Å². The van der Waals surface area contributed by atoms with Crippen molar-refractivity contribution in [2.24, 2.45) is 17.8 Å².